The third kappa shape index (κ3) is 5.40. The smallest absolute Gasteiger partial charge is 0.140 e. The quantitative estimate of drug-likeness (QED) is 0.400. The fourth-order valence-corrected chi connectivity index (χ4v) is 3.29. The summed E-state index contributed by atoms with van der Waals surface area (Å²) in [5.41, 5.74) is 1.82. The van der Waals surface area contributed by atoms with Crippen LogP contribution in [0.15, 0.2) is 66.0 Å². The van der Waals surface area contributed by atoms with Crippen molar-refractivity contribution in [3.8, 4) is 11.5 Å². The van der Waals surface area contributed by atoms with Gasteiger partial charge in [0.2, 0.25) is 0 Å². The Morgan fingerprint density at radius 3 is 2.67 bits per heavy atom. The molecular weight excluding hydrogens is 358 g/mol. The van der Waals surface area contributed by atoms with Crippen LogP contribution in [-0.2, 0) is 6.54 Å². The second kappa shape index (κ2) is 9.32. The number of ether oxygens (including phenoxy) is 1. The molecule has 0 unspecified atom stereocenters. The molecule has 3 aromatic rings. The Balaban J connectivity index is 1.82. The van der Waals surface area contributed by atoms with Crippen molar-refractivity contribution in [2.24, 2.45) is 0 Å². The monoisotopic (exact) mass is 381 g/mol. The third-order valence-corrected chi connectivity index (χ3v) is 4.88. The van der Waals surface area contributed by atoms with Crippen molar-refractivity contribution < 1.29 is 9.84 Å². The van der Waals surface area contributed by atoms with Crippen LogP contribution in [0.4, 0.5) is 5.69 Å². The van der Waals surface area contributed by atoms with Crippen molar-refractivity contribution in [1.29, 1.82) is 5.41 Å². The molecule has 0 spiro atoms. The first-order chi connectivity index (χ1) is 13.2. The average molecular weight is 382 g/mol. The Morgan fingerprint density at radius 2 is 1.96 bits per heavy atom. The summed E-state index contributed by atoms with van der Waals surface area (Å²) in [5.74, 6) is 1.91. The van der Waals surface area contributed by atoms with E-state index in [9.17, 15) is 5.11 Å². The molecule has 1 heterocycles. The second-order valence-electron chi connectivity index (χ2n) is 6.18. The Hall–Kier alpha value is -2.67. The first-order valence-electron chi connectivity index (χ1n) is 8.70. The lowest BCUT2D eigenvalue weighted by Crippen LogP contribution is -2.22. The van der Waals surface area contributed by atoms with Gasteiger partial charge in [0.25, 0.3) is 0 Å². The number of rotatable bonds is 8. The number of nitrogens with one attached hydrogen (secondary N) is 2. The zero-order valence-corrected chi connectivity index (χ0v) is 16.0. The molecule has 0 bridgehead atoms. The van der Waals surface area contributed by atoms with Crippen LogP contribution < -0.4 is 10.1 Å². The molecule has 0 fully saturated rings. The van der Waals surface area contributed by atoms with Crippen LogP contribution >= 0.6 is 11.3 Å². The van der Waals surface area contributed by atoms with Crippen LogP contribution in [0.1, 0.15) is 10.4 Å². The highest BCUT2D eigenvalue weighted by Gasteiger charge is 2.11. The molecule has 0 saturated carbocycles. The molecule has 5 nitrogen and oxygen atoms in total. The lowest BCUT2D eigenvalue weighted by Gasteiger charge is -2.19. The maximum atomic E-state index is 9.19. The van der Waals surface area contributed by atoms with Crippen LogP contribution in [0, 0.1) is 5.41 Å². The van der Waals surface area contributed by atoms with Gasteiger partial charge in [0.1, 0.15) is 17.3 Å². The van der Waals surface area contributed by atoms with Gasteiger partial charge in [-0.3, -0.25) is 10.3 Å². The van der Waals surface area contributed by atoms with E-state index in [1.165, 1.54) is 11.3 Å². The molecule has 0 radical (unpaired) electrons. The Kier molecular flexibility index (Phi) is 6.59. The fraction of sp³-hybridized carbons (Fsp3) is 0.190. The number of para-hydroxylation sites is 1. The maximum absolute atomic E-state index is 9.19. The molecule has 1 aromatic heterocycles. The van der Waals surface area contributed by atoms with Crippen molar-refractivity contribution in [3.05, 3.63) is 76.5 Å². The standard InChI is InChI=1S/C21H23N3O2S/c1-24(11-12-25)15-16-14-17(23-21(22)20-8-5-13-27-20)9-10-19(16)26-18-6-3-2-4-7-18/h2-10,13-14,25H,11-12,15H2,1H3,(H2,22,23). The largest absolute Gasteiger partial charge is 0.457 e. The van der Waals surface area contributed by atoms with Crippen LogP contribution in [-0.4, -0.2) is 36.0 Å². The highest BCUT2D eigenvalue weighted by Crippen LogP contribution is 2.29. The molecule has 0 aliphatic carbocycles. The van der Waals surface area contributed by atoms with Crippen molar-refractivity contribution in [3.63, 3.8) is 0 Å². The van der Waals surface area contributed by atoms with E-state index in [0.717, 1.165) is 27.6 Å². The molecule has 0 aliphatic rings. The van der Waals surface area contributed by atoms with Gasteiger partial charge in [-0.1, -0.05) is 24.3 Å². The lowest BCUT2D eigenvalue weighted by molar-refractivity contribution is 0.216. The van der Waals surface area contributed by atoms with Crippen LogP contribution in [0.25, 0.3) is 0 Å². The van der Waals surface area contributed by atoms with Crippen molar-refractivity contribution in [2.45, 2.75) is 6.54 Å². The summed E-state index contributed by atoms with van der Waals surface area (Å²) in [4.78, 5) is 2.92. The summed E-state index contributed by atoms with van der Waals surface area (Å²) < 4.78 is 6.05. The lowest BCUT2D eigenvalue weighted by atomic mass is 10.1. The molecule has 0 atom stereocenters. The molecular formula is C21H23N3O2S. The molecule has 2 aromatic carbocycles. The molecule has 3 N–H and O–H groups in total. The Morgan fingerprint density at radius 1 is 1.15 bits per heavy atom. The van der Waals surface area contributed by atoms with Gasteiger partial charge in [0.15, 0.2) is 0 Å². The van der Waals surface area contributed by atoms with E-state index in [1.807, 2.05) is 78.0 Å². The van der Waals surface area contributed by atoms with E-state index in [1.54, 1.807) is 0 Å². The van der Waals surface area contributed by atoms with Gasteiger partial charge in [-0.05, 0) is 48.8 Å². The maximum Gasteiger partial charge on any atom is 0.140 e. The number of hydrogen-bond acceptors (Lipinski definition) is 5. The summed E-state index contributed by atoms with van der Waals surface area (Å²) in [7, 11) is 1.95. The predicted octanol–water partition coefficient (Wildman–Crippen LogP) is 4.40. The van der Waals surface area contributed by atoms with E-state index < -0.39 is 0 Å². The molecule has 140 valence electrons. The molecule has 0 amide bonds. The van der Waals surface area contributed by atoms with E-state index in [4.69, 9.17) is 10.1 Å². The summed E-state index contributed by atoms with van der Waals surface area (Å²) in [6.45, 7) is 1.31. The minimum absolute atomic E-state index is 0.104. The average Bonchev–Trinajstić information content (AvgIpc) is 3.20. The van der Waals surface area contributed by atoms with E-state index >= 15 is 0 Å². The second-order valence-corrected chi connectivity index (χ2v) is 7.12. The van der Waals surface area contributed by atoms with E-state index in [2.05, 4.69) is 5.32 Å². The van der Waals surface area contributed by atoms with Gasteiger partial charge in [-0.2, -0.15) is 0 Å². The Bertz CT molecular complexity index is 866. The van der Waals surface area contributed by atoms with Gasteiger partial charge in [0, 0.05) is 24.3 Å². The first kappa shape index (κ1) is 19.1. The summed E-state index contributed by atoms with van der Waals surface area (Å²) >= 11 is 1.53. The summed E-state index contributed by atoms with van der Waals surface area (Å²) in [5, 5.41) is 22.5. The number of benzene rings is 2. The number of anilines is 1. The predicted molar refractivity (Wildman–Crippen MR) is 111 cm³/mol. The number of hydrogen-bond donors (Lipinski definition) is 3. The third-order valence-electron chi connectivity index (χ3n) is 3.99. The van der Waals surface area contributed by atoms with Crippen molar-refractivity contribution in [2.75, 3.05) is 25.5 Å². The highest BCUT2D eigenvalue weighted by atomic mass is 32.1. The zero-order valence-electron chi connectivity index (χ0n) is 15.2. The number of nitrogens with zero attached hydrogens (tertiary/aromatic N) is 1. The SMILES string of the molecule is CN(CCO)Cc1cc(NC(=N)c2cccs2)ccc1Oc1ccccc1. The summed E-state index contributed by atoms with van der Waals surface area (Å²) in [6.07, 6.45) is 0. The Labute approximate surface area is 163 Å². The minimum Gasteiger partial charge on any atom is -0.457 e. The van der Waals surface area contributed by atoms with Crippen LogP contribution in [0.5, 0.6) is 11.5 Å². The molecule has 0 saturated heterocycles. The van der Waals surface area contributed by atoms with E-state index in [0.29, 0.717) is 18.9 Å². The van der Waals surface area contributed by atoms with Gasteiger partial charge in [-0.15, -0.1) is 11.3 Å². The number of aliphatic hydroxyl groups is 1. The van der Waals surface area contributed by atoms with E-state index in [-0.39, 0.29) is 6.61 Å². The number of amidine groups is 1. The fourth-order valence-electron chi connectivity index (χ4n) is 2.66. The molecule has 6 heteroatoms. The zero-order chi connectivity index (χ0) is 19.1. The van der Waals surface area contributed by atoms with Crippen LogP contribution in [0.3, 0.4) is 0 Å². The first-order valence-corrected chi connectivity index (χ1v) is 9.58. The topological polar surface area (TPSA) is 68.6 Å². The van der Waals surface area contributed by atoms with Gasteiger partial charge >= 0.3 is 0 Å². The molecule has 27 heavy (non-hydrogen) atoms. The van der Waals surface area contributed by atoms with Crippen molar-refractivity contribution >= 4 is 22.9 Å². The van der Waals surface area contributed by atoms with Crippen LogP contribution in [0.2, 0.25) is 0 Å². The molecule has 0 aliphatic heterocycles. The number of likely N-dealkylation sites (N-methyl/N-ethyl adjacent to an activating group) is 1. The van der Waals surface area contributed by atoms with Gasteiger partial charge in [-0.25, -0.2) is 0 Å². The normalized spacial score (nSPS) is 10.8. The number of thiophene rings is 1. The highest BCUT2D eigenvalue weighted by molar-refractivity contribution is 7.12. The minimum atomic E-state index is 0.104. The van der Waals surface area contributed by atoms with Crippen molar-refractivity contribution in [1.82, 2.24) is 4.90 Å². The molecule has 3 rings (SSSR count). The van der Waals surface area contributed by atoms with Gasteiger partial charge in [0.05, 0.1) is 11.5 Å². The summed E-state index contributed by atoms with van der Waals surface area (Å²) in [6, 6.07) is 19.3. The van der Waals surface area contributed by atoms with Gasteiger partial charge < -0.3 is 15.2 Å². The number of aliphatic hydroxyl groups excluding tert-OH is 1.